The highest BCUT2D eigenvalue weighted by Gasteiger charge is 2.52. The highest BCUT2D eigenvalue weighted by atomic mass is 32.1. The van der Waals surface area contributed by atoms with E-state index in [1.807, 2.05) is 23.5 Å². The van der Waals surface area contributed by atoms with Gasteiger partial charge in [-0.05, 0) is 75.5 Å². The van der Waals surface area contributed by atoms with Crippen molar-refractivity contribution in [3.05, 3.63) is 90.5 Å². The summed E-state index contributed by atoms with van der Waals surface area (Å²) in [6, 6.07) is 29.7. The molecule has 1 fully saturated rings. The van der Waals surface area contributed by atoms with Gasteiger partial charge >= 0.3 is 7.12 Å². The van der Waals surface area contributed by atoms with E-state index in [9.17, 15) is 0 Å². The maximum Gasteiger partial charge on any atom is 0.495 e. The molecule has 0 atom stereocenters. The molecule has 36 heavy (non-hydrogen) atoms. The van der Waals surface area contributed by atoms with E-state index in [4.69, 9.17) is 13.7 Å². The molecule has 0 bridgehead atoms. The molecule has 0 unspecified atom stereocenters. The van der Waals surface area contributed by atoms with E-state index >= 15 is 0 Å². The van der Waals surface area contributed by atoms with Crippen LogP contribution in [0.4, 0.5) is 0 Å². The number of rotatable bonds is 4. The molecule has 5 heteroatoms. The minimum absolute atomic E-state index is 0.395. The van der Waals surface area contributed by atoms with Gasteiger partial charge in [0.15, 0.2) is 0 Å². The summed E-state index contributed by atoms with van der Waals surface area (Å²) in [5.41, 5.74) is 5.67. The molecule has 3 heterocycles. The molecule has 180 valence electrons. The molecule has 1 saturated heterocycles. The van der Waals surface area contributed by atoms with E-state index in [1.165, 1.54) is 20.9 Å². The first-order valence-corrected chi connectivity index (χ1v) is 13.2. The molecule has 0 N–H and O–H groups in total. The Hall–Kier alpha value is -3.12. The van der Waals surface area contributed by atoms with Crippen LogP contribution < -0.4 is 5.46 Å². The summed E-state index contributed by atoms with van der Waals surface area (Å²) >= 11 is 1.81. The minimum Gasteiger partial charge on any atom is -0.456 e. The van der Waals surface area contributed by atoms with Crippen molar-refractivity contribution in [1.82, 2.24) is 0 Å². The van der Waals surface area contributed by atoms with Gasteiger partial charge in [0, 0.05) is 26.3 Å². The Labute approximate surface area is 216 Å². The molecule has 5 aromatic rings. The highest BCUT2D eigenvalue weighted by molar-refractivity contribution is 7.18. The molecule has 0 radical (unpaired) electrons. The lowest BCUT2D eigenvalue weighted by molar-refractivity contribution is 0.00578. The van der Waals surface area contributed by atoms with Crippen molar-refractivity contribution in [1.29, 1.82) is 0 Å². The molecule has 1 aliphatic heterocycles. The zero-order chi connectivity index (χ0) is 25.1. The molecule has 1 aliphatic rings. The summed E-state index contributed by atoms with van der Waals surface area (Å²) in [5, 5.41) is 1.07. The topological polar surface area (TPSA) is 31.6 Å². The fourth-order valence-electron chi connectivity index (χ4n) is 4.84. The summed E-state index contributed by atoms with van der Waals surface area (Å²) < 4.78 is 19.2. The van der Waals surface area contributed by atoms with E-state index in [-0.39, 0.29) is 0 Å². The second kappa shape index (κ2) is 8.48. The summed E-state index contributed by atoms with van der Waals surface area (Å²) in [7, 11) is -0.434. The van der Waals surface area contributed by atoms with Crippen LogP contribution in [0.3, 0.4) is 0 Å². The number of fused-ring (bicyclic) bond motifs is 1. The lowest BCUT2D eigenvalue weighted by Gasteiger charge is -2.32. The average molecular weight is 492 g/mol. The molecule has 2 aromatic heterocycles. The fraction of sp³-hybridized carbons (Fsp3) is 0.226. The van der Waals surface area contributed by atoms with Gasteiger partial charge in [0.05, 0.1) is 11.2 Å². The van der Waals surface area contributed by atoms with Crippen molar-refractivity contribution >= 4 is 34.9 Å². The third kappa shape index (κ3) is 3.83. The summed E-state index contributed by atoms with van der Waals surface area (Å²) in [5.74, 6) is 0.885. The smallest absolute Gasteiger partial charge is 0.456 e. The first kappa shape index (κ1) is 23.3. The molecule has 6 rings (SSSR count). The van der Waals surface area contributed by atoms with Gasteiger partial charge in [-0.15, -0.1) is 11.3 Å². The Morgan fingerprint density at radius 3 is 2.00 bits per heavy atom. The summed E-state index contributed by atoms with van der Waals surface area (Å²) in [4.78, 5) is 2.50. The van der Waals surface area contributed by atoms with Crippen LogP contribution in [0.5, 0.6) is 0 Å². The van der Waals surface area contributed by atoms with E-state index < -0.39 is 18.3 Å². The SMILES string of the molecule is Cc1c(-c2cccc(-c3ccc(-c4ccccc4)s3)c2)oc2cccc(B3OC(C)(C)C(C)(C)O3)c12. The monoisotopic (exact) mass is 492 g/mol. The van der Waals surface area contributed by atoms with Gasteiger partial charge in [-0.3, -0.25) is 0 Å². The van der Waals surface area contributed by atoms with Crippen LogP contribution >= 0.6 is 11.3 Å². The molecule has 0 amide bonds. The van der Waals surface area contributed by atoms with Gasteiger partial charge in [0.25, 0.3) is 0 Å². The van der Waals surface area contributed by atoms with Crippen LogP contribution in [0.25, 0.3) is 43.2 Å². The lowest BCUT2D eigenvalue weighted by Crippen LogP contribution is -2.41. The zero-order valence-corrected chi connectivity index (χ0v) is 22.1. The fourth-order valence-corrected chi connectivity index (χ4v) is 5.85. The molecular formula is C31H29BO3S. The number of furan rings is 1. The van der Waals surface area contributed by atoms with E-state index in [0.29, 0.717) is 0 Å². The Kier molecular flexibility index (Phi) is 5.49. The lowest BCUT2D eigenvalue weighted by atomic mass is 9.76. The van der Waals surface area contributed by atoms with Crippen molar-refractivity contribution in [3.63, 3.8) is 0 Å². The van der Waals surface area contributed by atoms with E-state index in [0.717, 1.165) is 33.3 Å². The van der Waals surface area contributed by atoms with Crippen LogP contribution in [0.1, 0.15) is 33.3 Å². The zero-order valence-electron chi connectivity index (χ0n) is 21.3. The van der Waals surface area contributed by atoms with Gasteiger partial charge < -0.3 is 13.7 Å². The first-order valence-electron chi connectivity index (χ1n) is 12.4. The number of hydrogen-bond acceptors (Lipinski definition) is 4. The van der Waals surface area contributed by atoms with Crippen LogP contribution in [-0.4, -0.2) is 18.3 Å². The minimum atomic E-state index is -0.434. The van der Waals surface area contributed by atoms with Crippen molar-refractivity contribution in [2.75, 3.05) is 0 Å². The molecule has 0 aliphatic carbocycles. The second-order valence-corrected chi connectivity index (χ2v) is 11.6. The van der Waals surface area contributed by atoms with Gasteiger partial charge in [-0.2, -0.15) is 0 Å². The van der Waals surface area contributed by atoms with Crippen LogP contribution in [0.15, 0.2) is 89.3 Å². The van der Waals surface area contributed by atoms with Crippen molar-refractivity contribution in [3.8, 4) is 32.2 Å². The Balaban J connectivity index is 1.39. The highest BCUT2D eigenvalue weighted by Crippen LogP contribution is 2.40. The van der Waals surface area contributed by atoms with Crippen LogP contribution in [0, 0.1) is 6.92 Å². The Morgan fingerprint density at radius 2 is 1.28 bits per heavy atom. The largest absolute Gasteiger partial charge is 0.495 e. The summed E-state index contributed by atoms with van der Waals surface area (Å²) in [6.07, 6.45) is 0. The van der Waals surface area contributed by atoms with E-state index in [1.54, 1.807) is 0 Å². The van der Waals surface area contributed by atoms with Crippen LogP contribution in [-0.2, 0) is 9.31 Å². The average Bonchev–Trinajstić information content (AvgIpc) is 3.54. The maximum atomic E-state index is 6.45. The van der Waals surface area contributed by atoms with E-state index in [2.05, 4.69) is 107 Å². The number of benzene rings is 3. The summed E-state index contributed by atoms with van der Waals surface area (Å²) in [6.45, 7) is 10.5. The van der Waals surface area contributed by atoms with Gasteiger partial charge in [0.1, 0.15) is 11.3 Å². The standard InChI is InChI=1S/C31H29BO3S/c1-20-28-24(32-34-30(2,3)31(4,5)35-32)15-10-16-25(28)33-29(20)23-14-9-13-22(19-23)27-18-17-26(36-27)21-11-7-6-8-12-21/h6-19H,1-5H3. The number of thiophene rings is 1. The molecule has 0 spiro atoms. The van der Waals surface area contributed by atoms with Gasteiger partial charge in [0.2, 0.25) is 0 Å². The van der Waals surface area contributed by atoms with Gasteiger partial charge in [-0.1, -0.05) is 60.7 Å². The quantitative estimate of drug-likeness (QED) is 0.238. The van der Waals surface area contributed by atoms with Crippen molar-refractivity contribution in [2.45, 2.75) is 45.8 Å². The number of hydrogen-bond donors (Lipinski definition) is 0. The maximum absolute atomic E-state index is 6.45. The third-order valence-corrected chi connectivity index (χ3v) is 8.75. The van der Waals surface area contributed by atoms with Crippen molar-refractivity contribution < 1.29 is 13.7 Å². The third-order valence-electron chi connectivity index (χ3n) is 7.57. The molecule has 3 nitrogen and oxygen atoms in total. The predicted octanol–water partition coefficient (Wildman–Crippen LogP) is 8.10. The number of aryl methyl sites for hydroxylation is 1. The second-order valence-electron chi connectivity index (χ2n) is 10.5. The van der Waals surface area contributed by atoms with Gasteiger partial charge in [-0.25, -0.2) is 0 Å². The molecular weight excluding hydrogens is 463 g/mol. The molecule has 0 saturated carbocycles. The predicted molar refractivity (Wildman–Crippen MR) is 151 cm³/mol. The van der Waals surface area contributed by atoms with Crippen molar-refractivity contribution in [2.24, 2.45) is 0 Å². The van der Waals surface area contributed by atoms with Crippen LogP contribution in [0.2, 0.25) is 0 Å². The Bertz CT molecular complexity index is 1550. The Morgan fingerprint density at radius 1 is 0.667 bits per heavy atom. The molecule has 3 aromatic carbocycles. The normalized spacial score (nSPS) is 16.6. The first-order chi connectivity index (χ1) is 17.2.